The van der Waals surface area contributed by atoms with Crippen LogP contribution >= 0.6 is 0 Å². The van der Waals surface area contributed by atoms with E-state index in [0.717, 1.165) is 55.1 Å². The van der Waals surface area contributed by atoms with Crippen LogP contribution in [0.4, 0.5) is 5.69 Å². The third-order valence-electron chi connectivity index (χ3n) is 5.85. The predicted molar refractivity (Wildman–Crippen MR) is 120 cm³/mol. The molecule has 2 N–H and O–H groups in total. The molecule has 0 saturated heterocycles. The number of ketones is 1. The molecule has 0 bridgehead atoms. The molecule has 0 radical (unpaired) electrons. The molecular formula is C22H35N3O3Si. The van der Waals surface area contributed by atoms with E-state index in [-0.39, 0.29) is 12.4 Å². The van der Waals surface area contributed by atoms with Crippen LogP contribution in [0.3, 0.4) is 0 Å². The van der Waals surface area contributed by atoms with Gasteiger partial charge in [-0.3, -0.25) is 4.79 Å². The van der Waals surface area contributed by atoms with Crippen molar-refractivity contribution >= 4 is 30.6 Å². The van der Waals surface area contributed by atoms with Crippen LogP contribution in [0.2, 0.25) is 25.7 Å². The number of carbonyl (C=O) groups excluding carboxylic acids is 1. The van der Waals surface area contributed by atoms with Crippen molar-refractivity contribution < 1.29 is 14.6 Å². The largest absolute Gasteiger partial charge is 0.396 e. The molecular weight excluding hydrogens is 382 g/mol. The molecule has 1 saturated carbocycles. The van der Waals surface area contributed by atoms with Gasteiger partial charge in [-0.25, -0.2) is 4.98 Å². The number of aliphatic hydroxyl groups is 1. The number of aromatic nitrogens is 2. The van der Waals surface area contributed by atoms with Crippen molar-refractivity contribution in [2.45, 2.75) is 71.1 Å². The van der Waals surface area contributed by atoms with Crippen LogP contribution in [0.1, 0.15) is 43.0 Å². The second-order valence-corrected chi connectivity index (χ2v) is 15.1. The zero-order chi connectivity index (χ0) is 21.0. The number of pyridine rings is 1. The fraction of sp³-hybridized carbons (Fsp3) is 0.636. The summed E-state index contributed by atoms with van der Waals surface area (Å²) >= 11 is 0. The number of fused-ring (bicyclic) bond motifs is 1. The molecule has 1 aliphatic rings. The maximum Gasteiger partial charge on any atom is 0.163 e. The van der Waals surface area contributed by atoms with Crippen LogP contribution in [-0.2, 0) is 11.5 Å². The SMILES string of the molecule is CC(=O)c1cnc2c(ccn2COCC[Si](C)(C)C)c1N[C@H]1CC[C@H](CO)CC1. The number of Topliss-reactive ketones (excluding diaryl/α,β-unsaturated/α-hetero) is 1. The van der Waals surface area contributed by atoms with Gasteiger partial charge in [-0.2, -0.15) is 0 Å². The number of nitrogens with zero attached hydrogens (tertiary/aromatic N) is 2. The topological polar surface area (TPSA) is 76.4 Å². The van der Waals surface area contributed by atoms with Crippen molar-refractivity contribution in [3.63, 3.8) is 0 Å². The molecule has 0 atom stereocenters. The Hall–Kier alpha value is -1.70. The number of carbonyl (C=O) groups is 1. The minimum atomic E-state index is -1.11. The first-order valence-electron chi connectivity index (χ1n) is 10.7. The average molecular weight is 418 g/mol. The van der Waals surface area contributed by atoms with Crippen LogP contribution in [0.15, 0.2) is 18.5 Å². The summed E-state index contributed by atoms with van der Waals surface area (Å²) in [5.74, 6) is 0.428. The highest BCUT2D eigenvalue weighted by Crippen LogP contribution is 2.32. The monoisotopic (exact) mass is 417 g/mol. The van der Waals surface area contributed by atoms with Gasteiger partial charge >= 0.3 is 0 Å². The van der Waals surface area contributed by atoms with Crippen molar-refractivity contribution in [1.29, 1.82) is 0 Å². The highest BCUT2D eigenvalue weighted by atomic mass is 28.3. The number of hydrogen-bond donors (Lipinski definition) is 2. The maximum absolute atomic E-state index is 12.2. The van der Waals surface area contributed by atoms with Gasteiger partial charge in [-0.15, -0.1) is 0 Å². The van der Waals surface area contributed by atoms with Crippen LogP contribution in [-0.4, -0.2) is 47.8 Å². The summed E-state index contributed by atoms with van der Waals surface area (Å²) in [6, 6.07) is 3.48. The standard InChI is InChI=1S/C22H35N3O3Si/c1-16(27)20-13-23-22-19(9-10-25(22)15-28-11-12-29(2,3)4)21(20)24-18-7-5-17(14-26)6-8-18/h9-10,13,17-18,26H,5-8,11-12,14-15H2,1-4H3,(H,23,24)/t17-,18-. The Morgan fingerprint density at radius 3 is 2.66 bits per heavy atom. The van der Waals surface area contributed by atoms with Gasteiger partial charge in [-0.1, -0.05) is 19.6 Å². The summed E-state index contributed by atoms with van der Waals surface area (Å²) in [5, 5.41) is 14.0. The van der Waals surface area contributed by atoms with Crippen molar-refractivity contribution in [2.75, 3.05) is 18.5 Å². The zero-order valence-corrected chi connectivity index (χ0v) is 19.2. The molecule has 2 aromatic rings. The van der Waals surface area contributed by atoms with Gasteiger partial charge in [0.25, 0.3) is 0 Å². The first kappa shape index (κ1) is 22.0. The molecule has 1 fully saturated rings. The number of hydrogen-bond acceptors (Lipinski definition) is 5. The Labute approximate surface area is 174 Å². The molecule has 1 aliphatic carbocycles. The summed E-state index contributed by atoms with van der Waals surface area (Å²) in [5.41, 5.74) is 2.37. The molecule has 0 aromatic carbocycles. The van der Waals surface area contributed by atoms with Gasteiger partial charge in [0, 0.05) is 45.1 Å². The fourth-order valence-corrected chi connectivity index (χ4v) is 4.66. The third-order valence-corrected chi connectivity index (χ3v) is 7.55. The summed E-state index contributed by atoms with van der Waals surface area (Å²) in [7, 11) is -1.11. The predicted octanol–water partition coefficient (Wildman–Crippen LogP) is 4.51. The Bertz CT molecular complexity index is 836. The third kappa shape index (κ3) is 5.68. The molecule has 29 heavy (non-hydrogen) atoms. The van der Waals surface area contributed by atoms with Crippen molar-refractivity contribution in [2.24, 2.45) is 5.92 Å². The van der Waals surface area contributed by atoms with Gasteiger partial charge in [0.15, 0.2) is 5.78 Å². The van der Waals surface area contributed by atoms with Gasteiger partial charge in [-0.05, 0) is 50.6 Å². The van der Waals surface area contributed by atoms with Gasteiger partial charge in [0.05, 0.1) is 11.3 Å². The lowest BCUT2D eigenvalue weighted by atomic mass is 9.86. The second kappa shape index (κ2) is 9.41. The van der Waals surface area contributed by atoms with E-state index in [9.17, 15) is 9.90 Å². The van der Waals surface area contributed by atoms with Crippen LogP contribution in [0, 0.1) is 5.92 Å². The number of nitrogens with one attached hydrogen (secondary N) is 1. The van der Waals surface area contributed by atoms with Gasteiger partial charge in [0.1, 0.15) is 12.4 Å². The minimum absolute atomic E-state index is 0.0186. The van der Waals surface area contributed by atoms with Crippen LogP contribution in [0.25, 0.3) is 11.0 Å². The maximum atomic E-state index is 12.2. The second-order valence-electron chi connectivity index (χ2n) is 9.52. The van der Waals surface area contributed by atoms with Crippen molar-refractivity contribution in [3.05, 3.63) is 24.0 Å². The van der Waals surface area contributed by atoms with E-state index >= 15 is 0 Å². The summed E-state index contributed by atoms with van der Waals surface area (Å²) in [6.07, 6.45) is 7.72. The van der Waals surface area contributed by atoms with Crippen LogP contribution in [0.5, 0.6) is 0 Å². The van der Waals surface area contributed by atoms with E-state index < -0.39 is 8.07 Å². The smallest absolute Gasteiger partial charge is 0.163 e. The van der Waals surface area contributed by atoms with Crippen LogP contribution < -0.4 is 5.32 Å². The lowest BCUT2D eigenvalue weighted by molar-refractivity contribution is 0.0899. The average Bonchev–Trinajstić information content (AvgIpc) is 3.08. The summed E-state index contributed by atoms with van der Waals surface area (Å²) < 4.78 is 7.91. The van der Waals surface area contributed by atoms with E-state index in [2.05, 4.69) is 29.9 Å². The lowest BCUT2D eigenvalue weighted by Crippen LogP contribution is -2.28. The zero-order valence-electron chi connectivity index (χ0n) is 18.2. The van der Waals surface area contributed by atoms with E-state index in [1.807, 2.05) is 16.8 Å². The summed E-state index contributed by atoms with van der Waals surface area (Å²) in [4.78, 5) is 16.8. The molecule has 7 heteroatoms. The van der Waals surface area contributed by atoms with E-state index in [1.165, 1.54) is 0 Å². The molecule has 0 spiro atoms. The first-order chi connectivity index (χ1) is 13.8. The van der Waals surface area contributed by atoms with Gasteiger partial charge < -0.3 is 19.7 Å². The molecule has 0 unspecified atom stereocenters. The Morgan fingerprint density at radius 1 is 1.31 bits per heavy atom. The first-order valence-corrected chi connectivity index (χ1v) is 14.4. The Kier molecular flexibility index (Phi) is 7.13. The van der Waals surface area contributed by atoms with Crippen molar-refractivity contribution in [3.8, 4) is 0 Å². The van der Waals surface area contributed by atoms with E-state index in [4.69, 9.17) is 4.74 Å². The molecule has 0 amide bonds. The number of aliphatic hydroxyl groups excluding tert-OH is 1. The number of ether oxygens (including phenoxy) is 1. The normalized spacial score (nSPS) is 20.2. The number of rotatable bonds is 9. The highest BCUT2D eigenvalue weighted by Gasteiger charge is 2.23. The molecule has 0 aliphatic heterocycles. The quantitative estimate of drug-likeness (QED) is 0.356. The van der Waals surface area contributed by atoms with Crippen molar-refractivity contribution in [1.82, 2.24) is 9.55 Å². The summed E-state index contributed by atoms with van der Waals surface area (Å²) in [6.45, 7) is 10.1. The van der Waals surface area contributed by atoms with E-state index in [1.54, 1.807) is 13.1 Å². The Balaban J connectivity index is 1.77. The minimum Gasteiger partial charge on any atom is -0.396 e. The lowest BCUT2D eigenvalue weighted by Gasteiger charge is -2.29. The molecule has 2 heterocycles. The molecule has 160 valence electrons. The number of anilines is 1. The van der Waals surface area contributed by atoms with E-state index in [0.29, 0.717) is 24.3 Å². The molecule has 2 aromatic heterocycles. The Morgan fingerprint density at radius 2 is 2.03 bits per heavy atom. The highest BCUT2D eigenvalue weighted by molar-refractivity contribution is 6.76. The fourth-order valence-electron chi connectivity index (χ4n) is 3.90. The molecule has 3 rings (SSSR count). The molecule has 6 nitrogen and oxygen atoms in total. The van der Waals surface area contributed by atoms with Gasteiger partial charge in [0.2, 0.25) is 0 Å².